The van der Waals surface area contributed by atoms with Gasteiger partial charge < -0.3 is 14.4 Å². The molecule has 0 bridgehead atoms. The molecule has 1 aliphatic heterocycles. The summed E-state index contributed by atoms with van der Waals surface area (Å²) in [5.74, 6) is 0.607. The Hall–Kier alpha value is -1.45. The lowest BCUT2D eigenvalue weighted by molar-refractivity contribution is -0.132. The van der Waals surface area contributed by atoms with Gasteiger partial charge in [0.05, 0.1) is 0 Å². The number of aromatic nitrogens is 2. The summed E-state index contributed by atoms with van der Waals surface area (Å²) in [5.41, 5.74) is 0. The van der Waals surface area contributed by atoms with E-state index in [1.54, 1.807) is 23.4 Å². The number of hydrogen-bond donors (Lipinski definition) is 1. The van der Waals surface area contributed by atoms with Crippen molar-refractivity contribution in [3.63, 3.8) is 0 Å². The summed E-state index contributed by atoms with van der Waals surface area (Å²) < 4.78 is 28.3. The molecule has 0 aliphatic carbocycles. The fraction of sp³-hybridized carbons (Fsp3) is 0.714. The molecule has 1 saturated heterocycles. The van der Waals surface area contributed by atoms with E-state index in [9.17, 15) is 13.2 Å². The quantitative estimate of drug-likeness (QED) is 0.757. The number of aryl methyl sites for hydroxylation is 2. The molecule has 23 heavy (non-hydrogen) atoms. The minimum atomic E-state index is -3.66. The van der Waals surface area contributed by atoms with Crippen LogP contribution in [-0.4, -0.2) is 72.9 Å². The van der Waals surface area contributed by atoms with Crippen molar-refractivity contribution < 1.29 is 13.2 Å². The van der Waals surface area contributed by atoms with E-state index in [2.05, 4.69) is 21.5 Å². The number of sulfonamides is 1. The molecule has 0 spiro atoms. The number of amides is 1. The molecule has 0 unspecified atom stereocenters. The second-order valence-corrected chi connectivity index (χ2v) is 7.41. The highest BCUT2D eigenvalue weighted by molar-refractivity contribution is 7.89. The lowest BCUT2D eigenvalue weighted by Crippen LogP contribution is -2.49. The maximum absolute atomic E-state index is 12.1. The summed E-state index contributed by atoms with van der Waals surface area (Å²) >= 11 is 0. The Labute approximate surface area is 137 Å². The molecule has 1 aromatic rings. The highest BCUT2D eigenvalue weighted by atomic mass is 32.2. The Morgan fingerprint density at radius 2 is 1.96 bits per heavy atom. The highest BCUT2D eigenvalue weighted by Gasteiger charge is 2.22. The van der Waals surface area contributed by atoms with E-state index in [4.69, 9.17) is 0 Å². The SMILES string of the molecule is CCN1CCN(C(=O)CCNS(=O)(=O)c2cn(C)c(C)n2)CC1. The second kappa shape index (κ2) is 7.41. The van der Waals surface area contributed by atoms with Gasteiger partial charge in [-0.05, 0) is 13.5 Å². The Bertz CT molecular complexity index is 628. The first-order valence-electron chi connectivity index (χ1n) is 7.83. The molecule has 1 N–H and O–H groups in total. The fourth-order valence-corrected chi connectivity index (χ4v) is 3.56. The van der Waals surface area contributed by atoms with Gasteiger partial charge in [-0.15, -0.1) is 0 Å². The summed E-state index contributed by atoms with van der Waals surface area (Å²) in [6.07, 6.45) is 1.63. The van der Waals surface area contributed by atoms with Gasteiger partial charge in [-0.25, -0.2) is 18.1 Å². The van der Waals surface area contributed by atoms with Gasteiger partial charge in [-0.1, -0.05) is 6.92 Å². The number of rotatable bonds is 6. The zero-order valence-electron chi connectivity index (χ0n) is 13.9. The highest BCUT2D eigenvalue weighted by Crippen LogP contribution is 2.08. The second-order valence-electron chi connectivity index (χ2n) is 5.70. The molecular formula is C14H25N5O3S. The smallest absolute Gasteiger partial charge is 0.259 e. The van der Waals surface area contributed by atoms with Gasteiger partial charge in [0.2, 0.25) is 5.91 Å². The first kappa shape index (κ1) is 17.9. The summed E-state index contributed by atoms with van der Waals surface area (Å²) in [4.78, 5) is 20.2. The molecule has 1 amide bonds. The van der Waals surface area contributed by atoms with E-state index in [0.717, 1.165) is 19.6 Å². The number of nitrogens with zero attached hydrogens (tertiary/aromatic N) is 4. The van der Waals surface area contributed by atoms with E-state index in [1.807, 2.05) is 0 Å². The van der Waals surface area contributed by atoms with Gasteiger partial charge in [0.1, 0.15) is 5.82 Å². The van der Waals surface area contributed by atoms with Crippen molar-refractivity contribution in [1.29, 1.82) is 0 Å². The number of piperazine rings is 1. The third-order valence-electron chi connectivity index (χ3n) is 4.17. The zero-order chi connectivity index (χ0) is 17.0. The number of imidazole rings is 1. The molecule has 2 rings (SSSR count). The van der Waals surface area contributed by atoms with Crippen molar-refractivity contribution >= 4 is 15.9 Å². The van der Waals surface area contributed by atoms with Crippen LogP contribution in [0.3, 0.4) is 0 Å². The van der Waals surface area contributed by atoms with Crippen molar-refractivity contribution in [1.82, 2.24) is 24.1 Å². The van der Waals surface area contributed by atoms with Crippen molar-refractivity contribution in [2.75, 3.05) is 39.3 Å². The monoisotopic (exact) mass is 343 g/mol. The maximum atomic E-state index is 12.1. The predicted molar refractivity (Wildman–Crippen MR) is 86.4 cm³/mol. The summed E-state index contributed by atoms with van der Waals surface area (Å²) in [6.45, 7) is 8.08. The van der Waals surface area contributed by atoms with Crippen LogP contribution in [0.25, 0.3) is 0 Å². The van der Waals surface area contributed by atoms with E-state index in [1.165, 1.54) is 6.20 Å². The first-order valence-corrected chi connectivity index (χ1v) is 9.31. The Morgan fingerprint density at radius 3 is 2.48 bits per heavy atom. The molecule has 1 aromatic heterocycles. The summed E-state index contributed by atoms with van der Waals surface area (Å²) in [6, 6.07) is 0. The van der Waals surface area contributed by atoms with Gasteiger partial charge in [0.15, 0.2) is 5.03 Å². The first-order chi connectivity index (χ1) is 10.8. The van der Waals surface area contributed by atoms with Gasteiger partial charge in [-0.2, -0.15) is 0 Å². The number of hydrogen-bond acceptors (Lipinski definition) is 5. The Balaban J connectivity index is 1.81. The van der Waals surface area contributed by atoms with Gasteiger partial charge in [-0.3, -0.25) is 4.79 Å². The number of nitrogens with one attached hydrogen (secondary N) is 1. The molecule has 9 heteroatoms. The molecule has 1 fully saturated rings. The largest absolute Gasteiger partial charge is 0.340 e. The number of carbonyl (C=O) groups excluding carboxylic acids is 1. The minimum absolute atomic E-state index is 0.0125. The average Bonchev–Trinajstić information content (AvgIpc) is 2.87. The lowest BCUT2D eigenvalue weighted by Gasteiger charge is -2.34. The summed E-state index contributed by atoms with van der Waals surface area (Å²) in [5, 5.41) is -0.0125. The topological polar surface area (TPSA) is 87.5 Å². The molecule has 1 aliphatic rings. The summed E-state index contributed by atoms with van der Waals surface area (Å²) in [7, 11) is -1.93. The standard InChI is InChI=1S/C14H25N5O3S/c1-4-18-7-9-19(10-8-18)14(20)5-6-15-23(21,22)13-11-17(3)12(2)16-13/h11,15H,4-10H2,1-3H3. The molecule has 2 heterocycles. The fourth-order valence-electron chi connectivity index (χ4n) is 2.49. The van der Waals surface area contributed by atoms with E-state index >= 15 is 0 Å². The average molecular weight is 343 g/mol. The van der Waals surface area contributed by atoms with Crippen LogP contribution in [0.4, 0.5) is 0 Å². The van der Waals surface area contributed by atoms with Crippen molar-refractivity contribution in [2.45, 2.75) is 25.3 Å². The van der Waals surface area contributed by atoms with E-state index in [0.29, 0.717) is 18.9 Å². The van der Waals surface area contributed by atoms with E-state index in [-0.39, 0.29) is 23.9 Å². The number of carbonyl (C=O) groups is 1. The molecule has 0 radical (unpaired) electrons. The van der Waals surface area contributed by atoms with Gasteiger partial charge >= 0.3 is 0 Å². The predicted octanol–water partition coefficient (Wildman–Crippen LogP) is -0.439. The van der Waals surface area contributed by atoms with Crippen LogP contribution in [0, 0.1) is 6.92 Å². The van der Waals surface area contributed by atoms with Crippen molar-refractivity contribution in [3.05, 3.63) is 12.0 Å². The van der Waals surface area contributed by atoms with Crippen LogP contribution in [0.5, 0.6) is 0 Å². The van der Waals surface area contributed by atoms with Gasteiger partial charge in [0, 0.05) is 52.4 Å². The minimum Gasteiger partial charge on any atom is -0.340 e. The maximum Gasteiger partial charge on any atom is 0.259 e. The van der Waals surface area contributed by atoms with E-state index < -0.39 is 10.0 Å². The van der Waals surface area contributed by atoms with Crippen LogP contribution in [0.2, 0.25) is 0 Å². The zero-order valence-corrected chi connectivity index (χ0v) is 14.8. The molecule has 130 valence electrons. The third kappa shape index (κ3) is 4.52. The normalized spacial score (nSPS) is 16.7. The molecule has 8 nitrogen and oxygen atoms in total. The van der Waals surface area contributed by atoms with Crippen LogP contribution < -0.4 is 4.72 Å². The van der Waals surface area contributed by atoms with Gasteiger partial charge in [0.25, 0.3) is 10.0 Å². The lowest BCUT2D eigenvalue weighted by atomic mass is 10.3. The van der Waals surface area contributed by atoms with Crippen LogP contribution in [0.15, 0.2) is 11.2 Å². The van der Waals surface area contributed by atoms with Crippen LogP contribution >= 0.6 is 0 Å². The molecule has 0 saturated carbocycles. The Morgan fingerprint density at radius 1 is 1.30 bits per heavy atom. The van der Waals surface area contributed by atoms with Crippen LogP contribution in [0.1, 0.15) is 19.2 Å². The third-order valence-corrected chi connectivity index (χ3v) is 5.50. The van der Waals surface area contributed by atoms with Crippen molar-refractivity contribution in [3.8, 4) is 0 Å². The molecule has 0 atom stereocenters. The number of likely N-dealkylation sites (N-methyl/N-ethyl adjacent to an activating group) is 1. The Kier molecular flexibility index (Phi) is 5.77. The molecule has 0 aromatic carbocycles. The van der Waals surface area contributed by atoms with Crippen molar-refractivity contribution in [2.24, 2.45) is 7.05 Å². The molecular weight excluding hydrogens is 318 g/mol. The van der Waals surface area contributed by atoms with Crippen LogP contribution in [-0.2, 0) is 21.9 Å².